The van der Waals surface area contributed by atoms with Gasteiger partial charge in [-0.3, -0.25) is 0 Å². The normalized spacial score (nSPS) is 28.5. The van der Waals surface area contributed by atoms with Crippen molar-refractivity contribution in [1.29, 1.82) is 0 Å². The first-order valence-electron chi connectivity index (χ1n) is 11.0. The number of aliphatic hydroxyl groups is 1. The Morgan fingerprint density at radius 2 is 1.79 bits per heavy atom. The van der Waals surface area contributed by atoms with E-state index in [-0.39, 0.29) is 46.8 Å². The Labute approximate surface area is 200 Å². The summed E-state index contributed by atoms with van der Waals surface area (Å²) in [5.41, 5.74) is -0.476. The van der Waals surface area contributed by atoms with E-state index in [0.29, 0.717) is 24.8 Å². The van der Waals surface area contributed by atoms with Crippen molar-refractivity contribution >= 4 is 27.3 Å². The van der Waals surface area contributed by atoms with Crippen LogP contribution in [-0.4, -0.2) is 49.2 Å². The van der Waals surface area contributed by atoms with Crippen molar-refractivity contribution < 1.29 is 31.4 Å². The molecular weight excluding hydrogens is 493 g/mol. The maximum absolute atomic E-state index is 13.8. The molecule has 3 heterocycles. The second-order valence-corrected chi connectivity index (χ2v) is 11.7. The van der Waals surface area contributed by atoms with Crippen LogP contribution in [0.2, 0.25) is 5.02 Å². The molecule has 3 aliphatic rings. The number of rotatable bonds is 5. The molecule has 184 valence electrons. The summed E-state index contributed by atoms with van der Waals surface area (Å²) in [7, 11) is -3.99. The van der Waals surface area contributed by atoms with Gasteiger partial charge in [-0.25, -0.2) is 21.6 Å². The quantitative estimate of drug-likeness (QED) is 0.587. The minimum absolute atomic E-state index is 0.00376. The van der Waals surface area contributed by atoms with E-state index < -0.39 is 39.1 Å². The average molecular weight is 517 g/mol. The number of sulfonamides is 1. The Bertz CT molecular complexity index is 1220. The van der Waals surface area contributed by atoms with Crippen molar-refractivity contribution in [2.75, 3.05) is 18.5 Å². The fourth-order valence-corrected chi connectivity index (χ4v) is 7.89. The van der Waals surface area contributed by atoms with Crippen LogP contribution in [-0.2, 0) is 20.3 Å². The fourth-order valence-electron chi connectivity index (χ4n) is 5.45. The Morgan fingerprint density at radius 1 is 1.12 bits per heavy atom. The number of hydrogen-bond acceptors (Lipinski definition) is 5. The molecule has 3 unspecified atom stereocenters. The Hall–Kier alpha value is -1.85. The number of nitrogens with zero attached hydrogens (tertiary/aromatic N) is 1. The average Bonchev–Trinajstić information content (AvgIpc) is 2.96. The Balaban J connectivity index is 1.51. The lowest BCUT2D eigenvalue weighted by molar-refractivity contribution is -0.0448. The van der Waals surface area contributed by atoms with Crippen molar-refractivity contribution in [3.05, 3.63) is 58.4 Å². The molecule has 4 atom stereocenters. The first-order chi connectivity index (χ1) is 16.0. The molecule has 3 saturated heterocycles. The van der Waals surface area contributed by atoms with Gasteiger partial charge in [0.1, 0.15) is 10.4 Å². The highest BCUT2D eigenvalue weighted by atomic mass is 35.5. The van der Waals surface area contributed by atoms with Crippen LogP contribution in [0.15, 0.2) is 35.2 Å². The summed E-state index contributed by atoms with van der Waals surface area (Å²) in [5, 5.41) is 13.2. The van der Waals surface area contributed by atoms with Gasteiger partial charge >= 0.3 is 0 Å². The molecule has 0 radical (unpaired) electrons. The number of nitrogens with one attached hydrogen (secondary N) is 1. The number of benzene rings is 2. The van der Waals surface area contributed by atoms with E-state index in [2.05, 4.69) is 5.32 Å². The van der Waals surface area contributed by atoms with Crippen LogP contribution in [0.25, 0.3) is 0 Å². The van der Waals surface area contributed by atoms with Crippen molar-refractivity contribution in [1.82, 2.24) is 4.31 Å². The van der Waals surface area contributed by atoms with E-state index in [1.165, 1.54) is 16.4 Å². The van der Waals surface area contributed by atoms with Gasteiger partial charge in [0.2, 0.25) is 10.0 Å². The smallest absolute Gasteiger partial charge is 0.245 e. The molecule has 5 rings (SSSR count). The summed E-state index contributed by atoms with van der Waals surface area (Å²) >= 11 is 6.36. The zero-order chi connectivity index (χ0) is 24.4. The standard InChI is InChI=1S/C23H24ClF3N2O4S/c1-12-4-15-8-16(30)9-20(12)29(15)34(31,32)21-5-13(2-3-17(21)24)23(10-33-11-23)28-14-6-18(25)22(27)19(26)7-14/h2-3,5-7,12,15-16,20,28,30H,4,8-11H2,1H3/t12-,15?,16?,20?/m1/s1. The number of fused-ring (bicyclic) bond motifs is 2. The van der Waals surface area contributed by atoms with Gasteiger partial charge in [-0.05, 0) is 42.9 Å². The van der Waals surface area contributed by atoms with Gasteiger partial charge in [0.05, 0.1) is 24.3 Å². The van der Waals surface area contributed by atoms with Crippen molar-refractivity contribution in [2.24, 2.45) is 5.92 Å². The van der Waals surface area contributed by atoms with Crippen LogP contribution in [0.3, 0.4) is 0 Å². The molecule has 2 aromatic rings. The molecule has 0 saturated carbocycles. The molecule has 11 heteroatoms. The van der Waals surface area contributed by atoms with E-state index >= 15 is 0 Å². The number of halogens is 4. The van der Waals surface area contributed by atoms with Gasteiger partial charge in [0.25, 0.3) is 0 Å². The monoisotopic (exact) mass is 516 g/mol. The molecule has 0 spiro atoms. The van der Waals surface area contributed by atoms with Gasteiger partial charge in [-0.15, -0.1) is 0 Å². The Morgan fingerprint density at radius 3 is 2.38 bits per heavy atom. The third-order valence-corrected chi connectivity index (χ3v) is 9.61. The van der Waals surface area contributed by atoms with Crippen molar-refractivity contribution in [3.8, 4) is 0 Å². The summed E-state index contributed by atoms with van der Waals surface area (Å²) in [5.74, 6) is -4.14. The number of ether oxygens (including phenoxy) is 1. The number of aliphatic hydroxyl groups excluding tert-OH is 1. The maximum atomic E-state index is 13.8. The van der Waals surface area contributed by atoms with Gasteiger partial charge in [-0.2, -0.15) is 4.31 Å². The molecule has 0 amide bonds. The second kappa shape index (κ2) is 8.37. The van der Waals surface area contributed by atoms with E-state index in [9.17, 15) is 26.7 Å². The van der Waals surface area contributed by atoms with Crippen LogP contribution >= 0.6 is 11.6 Å². The topological polar surface area (TPSA) is 78.9 Å². The first kappa shape index (κ1) is 23.9. The van der Waals surface area contributed by atoms with Crippen LogP contribution in [0.1, 0.15) is 31.7 Å². The van der Waals surface area contributed by atoms with Gasteiger partial charge in [-0.1, -0.05) is 24.6 Å². The van der Waals surface area contributed by atoms with E-state index in [0.717, 1.165) is 12.1 Å². The van der Waals surface area contributed by atoms with Gasteiger partial charge < -0.3 is 15.2 Å². The highest BCUT2D eigenvalue weighted by molar-refractivity contribution is 7.89. The molecule has 0 aliphatic carbocycles. The van der Waals surface area contributed by atoms with E-state index in [1.807, 2.05) is 6.92 Å². The summed E-state index contributed by atoms with van der Waals surface area (Å²) in [6.07, 6.45) is 0.872. The first-order valence-corrected chi connectivity index (χ1v) is 12.9. The third-order valence-electron chi connectivity index (χ3n) is 7.15. The zero-order valence-corrected chi connectivity index (χ0v) is 19.8. The van der Waals surface area contributed by atoms with Crippen LogP contribution < -0.4 is 5.32 Å². The summed E-state index contributed by atoms with van der Waals surface area (Å²) in [6, 6.07) is 5.61. The predicted molar refractivity (Wildman–Crippen MR) is 120 cm³/mol. The highest BCUT2D eigenvalue weighted by Gasteiger charge is 2.51. The Kier molecular flexibility index (Phi) is 5.88. The summed E-state index contributed by atoms with van der Waals surface area (Å²) in [6.45, 7) is 2.19. The minimum atomic E-state index is -3.99. The maximum Gasteiger partial charge on any atom is 0.245 e. The second-order valence-electron chi connectivity index (χ2n) is 9.49. The van der Waals surface area contributed by atoms with E-state index in [4.69, 9.17) is 16.3 Å². The highest BCUT2D eigenvalue weighted by Crippen LogP contribution is 2.45. The number of anilines is 1. The van der Waals surface area contributed by atoms with E-state index in [1.54, 1.807) is 6.07 Å². The summed E-state index contributed by atoms with van der Waals surface area (Å²) in [4.78, 5) is -0.0725. The largest absolute Gasteiger partial charge is 0.393 e. The number of hydrogen-bond donors (Lipinski definition) is 2. The molecule has 34 heavy (non-hydrogen) atoms. The van der Waals surface area contributed by atoms with Gasteiger partial charge in [0.15, 0.2) is 17.5 Å². The van der Waals surface area contributed by atoms with Crippen LogP contribution in [0.4, 0.5) is 18.9 Å². The van der Waals surface area contributed by atoms with Crippen molar-refractivity contribution in [3.63, 3.8) is 0 Å². The van der Waals surface area contributed by atoms with Gasteiger partial charge in [0, 0.05) is 29.9 Å². The minimum Gasteiger partial charge on any atom is -0.393 e. The predicted octanol–water partition coefficient (Wildman–Crippen LogP) is 4.02. The van der Waals surface area contributed by atoms with Crippen LogP contribution in [0.5, 0.6) is 0 Å². The molecule has 3 aliphatic heterocycles. The molecule has 2 bridgehead atoms. The molecule has 0 aromatic heterocycles. The molecule has 2 aromatic carbocycles. The zero-order valence-electron chi connectivity index (χ0n) is 18.3. The lowest BCUT2D eigenvalue weighted by Gasteiger charge is -2.43. The van der Waals surface area contributed by atoms with Crippen molar-refractivity contribution in [2.45, 2.75) is 54.8 Å². The lowest BCUT2D eigenvalue weighted by atomic mass is 9.87. The fraction of sp³-hybridized carbons (Fsp3) is 0.478. The molecular formula is C23H24ClF3N2O4S. The van der Waals surface area contributed by atoms with Crippen LogP contribution in [0, 0.1) is 23.4 Å². The molecule has 2 N–H and O–H groups in total. The third kappa shape index (κ3) is 3.80. The summed E-state index contributed by atoms with van der Waals surface area (Å²) < 4.78 is 75.2. The SMILES string of the molecule is C[C@@H]1CC2CC(O)CC1N2S(=O)(=O)c1cc(C2(Nc3cc(F)c(F)c(F)c3)COC2)ccc1Cl. The molecule has 6 nitrogen and oxygen atoms in total. The lowest BCUT2D eigenvalue weighted by Crippen LogP contribution is -2.53. The molecule has 3 fully saturated rings. The number of piperidine rings is 1.